The van der Waals surface area contributed by atoms with Gasteiger partial charge in [-0.3, -0.25) is 24.5 Å². The molecule has 8 atom stereocenters. The number of ketones is 1. The molecule has 6 rings (SSSR count). The van der Waals surface area contributed by atoms with Gasteiger partial charge in [0.1, 0.15) is 46.5 Å². The first-order valence-electron chi connectivity index (χ1n) is 31.0. The van der Waals surface area contributed by atoms with E-state index in [0.717, 1.165) is 35.1 Å². The third-order valence-electron chi connectivity index (χ3n) is 16.5. The van der Waals surface area contributed by atoms with Crippen molar-refractivity contribution in [3.05, 3.63) is 82.5 Å². The monoisotopic (exact) mass is 1280 g/mol. The summed E-state index contributed by atoms with van der Waals surface area (Å²) in [7, 11) is 8.02. The van der Waals surface area contributed by atoms with E-state index < -0.39 is 65.7 Å². The average Bonchev–Trinajstić information content (AvgIpc) is 1.58. The molecule has 2 saturated heterocycles. The summed E-state index contributed by atoms with van der Waals surface area (Å²) >= 11 is 6.82. The van der Waals surface area contributed by atoms with Crippen molar-refractivity contribution in [1.29, 1.82) is 0 Å². The number of nitrogens with zero attached hydrogens (tertiary/aromatic N) is 4. The molecule has 3 aromatic rings. The third kappa shape index (κ3) is 21.5. The maximum Gasteiger partial charge on any atom is 0.409 e. The fourth-order valence-electron chi connectivity index (χ4n) is 10.8. The fourth-order valence-corrected chi connectivity index (χ4v) is 11.1. The number of ether oxygens (including phenoxy) is 11. The maximum absolute atomic E-state index is 14.3. The van der Waals surface area contributed by atoms with E-state index in [1.165, 1.54) is 43.7 Å². The Bertz CT molecular complexity index is 2910. The summed E-state index contributed by atoms with van der Waals surface area (Å²) in [5, 5.41) is 18.5. The van der Waals surface area contributed by atoms with Crippen molar-refractivity contribution in [2.45, 2.75) is 134 Å². The number of anilines is 1. The predicted octanol–water partition coefficient (Wildman–Crippen LogP) is 5.97. The van der Waals surface area contributed by atoms with Crippen LogP contribution in [0.5, 0.6) is 5.75 Å². The molecule has 3 aliphatic heterocycles. The average molecular weight is 1280 g/mol. The van der Waals surface area contributed by atoms with E-state index in [4.69, 9.17) is 63.7 Å². The first-order valence-corrected chi connectivity index (χ1v) is 31.4. The third-order valence-corrected chi connectivity index (χ3v) is 16.9. The molecule has 25 heteroatoms. The number of hydrogen-bond donors (Lipinski definition) is 3. The summed E-state index contributed by atoms with van der Waals surface area (Å²) in [6, 6.07) is 12.8. The van der Waals surface area contributed by atoms with Crippen molar-refractivity contribution in [2.75, 3.05) is 133 Å². The van der Waals surface area contributed by atoms with Gasteiger partial charge in [-0.25, -0.2) is 9.59 Å². The number of alkyl carbamates (subject to hydrolysis) is 1. The number of esters is 1. The number of amides is 4. The number of methoxy groups -OCH3 is 2. The molecule has 500 valence electrons. The van der Waals surface area contributed by atoms with E-state index >= 15 is 0 Å². The minimum Gasteiger partial charge on any atom is -0.495 e. The van der Waals surface area contributed by atoms with Crippen LogP contribution in [0.2, 0.25) is 5.02 Å². The van der Waals surface area contributed by atoms with E-state index in [2.05, 4.69) is 52.3 Å². The number of halogens is 1. The highest BCUT2D eigenvalue weighted by Gasteiger charge is 2.64. The lowest BCUT2D eigenvalue weighted by atomic mass is 9.83. The normalized spacial score (nSPS) is 23.3. The van der Waals surface area contributed by atoms with Gasteiger partial charge >= 0.3 is 12.1 Å². The standard InChI is InChI=1S/C65H95ClN6O18/c1-11-69(6)43-49-40-48-16-12-13-17-51(48)72(49)24-21-50(73)19-20-57(74)67-23-26-83-28-30-85-32-34-87-36-35-86-33-31-84-29-27-82-25-22-58(75)70(7)46(4)62(77)89-56-41-59(76)71(8)52-38-47(39-53(80-9)60(52)66)37-44(2)15-14-18-55(81-10)65(79)42-54(88-63(78)68-65)45(3)61-64(56,5)90-61/h12-18,38-40,45-46,54-56,61,79H,11,19-37,41-43H2,1-10H3,(H,67,74)(H,68,78)/b18-14+,44-15+/t45-,46+,54+,55-,56+,61?,64+,65-/m1/s1. The molecule has 0 radical (unpaired) electrons. The quantitative estimate of drug-likeness (QED) is 0.0348. The number of epoxide rings is 1. The van der Waals surface area contributed by atoms with Gasteiger partial charge in [0.15, 0.2) is 5.72 Å². The highest BCUT2D eigenvalue weighted by atomic mass is 35.5. The number of likely N-dealkylation sites (N-methyl/N-ethyl adjacent to an activating group) is 1. The molecule has 4 amide bonds. The van der Waals surface area contributed by atoms with Gasteiger partial charge in [0.25, 0.3) is 0 Å². The van der Waals surface area contributed by atoms with Crippen LogP contribution in [0.25, 0.3) is 10.9 Å². The van der Waals surface area contributed by atoms with Gasteiger partial charge in [-0.1, -0.05) is 67.4 Å². The zero-order valence-electron chi connectivity index (χ0n) is 54.1. The Morgan fingerprint density at radius 2 is 1.51 bits per heavy atom. The molecule has 4 heterocycles. The van der Waals surface area contributed by atoms with E-state index in [1.54, 1.807) is 45.2 Å². The van der Waals surface area contributed by atoms with Crippen molar-refractivity contribution in [1.82, 2.24) is 25.0 Å². The Kier molecular flexibility index (Phi) is 29.4. The van der Waals surface area contributed by atoms with Crippen molar-refractivity contribution in [3.63, 3.8) is 0 Å². The maximum atomic E-state index is 14.3. The van der Waals surface area contributed by atoms with E-state index in [1.807, 2.05) is 25.1 Å². The van der Waals surface area contributed by atoms with Crippen molar-refractivity contribution >= 4 is 63.8 Å². The second-order valence-electron chi connectivity index (χ2n) is 23.1. The smallest absolute Gasteiger partial charge is 0.409 e. The fraction of sp³-hybridized carbons (Fsp3) is 0.631. The van der Waals surface area contributed by atoms with Gasteiger partial charge in [0.2, 0.25) is 17.7 Å². The highest BCUT2D eigenvalue weighted by Crippen LogP contribution is 2.49. The number of aryl methyl sites for hydroxylation is 1. The van der Waals surface area contributed by atoms with Gasteiger partial charge in [-0.15, -0.1) is 0 Å². The summed E-state index contributed by atoms with van der Waals surface area (Å²) in [5.41, 5.74) is 1.19. The zero-order chi connectivity index (χ0) is 65.4. The number of fused-ring (bicyclic) bond motifs is 6. The predicted molar refractivity (Wildman–Crippen MR) is 336 cm³/mol. The number of allylic oxidation sites excluding steroid dienone is 3. The number of Topliss-reactive ketones (excluding diaryl/α,β-unsaturated/α-hetero) is 1. The van der Waals surface area contributed by atoms with Gasteiger partial charge in [-0.2, -0.15) is 0 Å². The minimum atomic E-state index is -1.87. The highest BCUT2D eigenvalue weighted by molar-refractivity contribution is 6.35. The van der Waals surface area contributed by atoms with Crippen molar-refractivity contribution < 1.29 is 86.0 Å². The molecule has 2 fully saturated rings. The van der Waals surface area contributed by atoms with Crippen LogP contribution in [0.3, 0.4) is 0 Å². The van der Waals surface area contributed by atoms with Crippen molar-refractivity contribution in [2.24, 2.45) is 5.92 Å². The lowest BCUT2D eigenvalue weighted by Crippen LogP contribution is -2.63. The topological polar surface area (TPSA) is 266 Å². The second kappa shape index (κ2) is 36.3. The van der Waals surface area contributed by atoms with Crippen LogP contribution >= 0.6 is 11.6 Å². The van der Waals surface area contributed by atoms with Gasteiger partial charge in [0, 0.05) is 83.7 Å². The van der Waals surface area contributed by atoms with Crippen LogP contribution in [-0.2, 0) is 90.9 Å². The number of carbonyl (C=O) groups excluding carboxylic acids is 6. The van der Waals surface area contributed by atoms with Crippen molar-refractivity contribution in [3.8, 4) is 5.75 Å². The Balaban J connectivity index is 0.814. The first kappa shape index (κ1) is 73.0. The molecule has 1 unspecified atom stereocenters. The molecule has 4 bridgehead atoms. The molecule has 0 spiro atoms. The summed E-state index contributed by atoms with van der Waals surface area (Å²) in [6.07, 6.45) is 1.24. The van der Waals surface area contributed by atoms with Crippen LogP contribution in [0, 0.1) is 5.92 Å². The number of carbonyl (C=O) groups is 6. The number of benzene rings is 2. The van der Waals surface area contributed by atoms with Crippen LogP contribution in [0.15, 0.2) is 66.3 Å². The zero-order valence-corrected chi connectivity index (χ0v) is 54.8. The number of nitrogens with one attached hydrogen (secondary N) is 2. The first-order chi connectivity index (χ1) is 43.1. The second-order valence-corrected chi connectivity index (χ2v) is 23.5. The van der Waals surface area contributed by atoms with Gasteiger partial charge in [-0.05, 0) is 76.0 Å². The molecular formula is C65H95ClN6O18. The molecule has 2 aromatic carbocycles. The summed E-state index contributed by atoms with van der Waals surface area (Å²) in [6.45, 7) is 15.5. The summed E-state index contributed by atoms with van der Waals surface area (Å²) < 4.78 is 65.1. The molecule has 0 saturated carbocycles. The van der Waals surface area contributed by atoms with Crippen LogP contribution in [0.1, 0.15) is 84.4 Å². The molecule has 1 aromatic heterocycles. The molecule has 3 N–H and O–H groups in total. The Morgan fingerprint density at radius 3 is 2.14 bits per heavy atom. The number of aromatic nitrogens is 1. The van der Waals surface area contributed by atoms with E-state index in [-0.39, 0.29) is 74.5 Å². The van der Waals surface area contributed by atoms with Crippen LogP contribution in [0.4, 0.5) is 10.5 Å². The number of aliphatic hydroxyl groups is 1. The Morgan fingerprint density at radius 1 is 0.878 bits per heavy atom. The summed E-state index contributed by atoms with van der Waals surface area (Å²) in [4.78, 5) is 84.7. The molecule has 0 aliphatic carbocycles. The largest absolute Gasteiger partial charge is 0.495 e. The minimum absolute atomic E-state index is 0.0378. The molecule has 3 aliphatic rings. The molecular weight excluding hydrogens is 1190 g/mol. The van der Waals surface area contributed by atoms with E-state index in [9.17, 15) is 33.9 Å². The number of rotatable bonds is 35. The lowest BCUT2D eigenvalue weighted by molar-refractivity contribution is -0.162. The SMILES string of the molecule is CCN(C)Cc1cc2ccccc2n1CCC(=O)CCC(=O)NCCOCCOCCOCCOCCOCCOCCC(=O)N(C)[C@@H](C)C(=O)O[C@H]1CC(=O)N(C)c2cc(cc(OC)c2Cl)C/C(C)=C/C=C/[C@@H](OC)[C@]2(O)C[C@H](OC(=O)N2)[C@@H](C)C2O[C@]21C. The van der Waals surface area contributed by atoms with Gasteiger partial charge in [0.05, 0.1) is 111 Å². The number of hydrogen-bond acceptors (Lipinski definition) is 19. The molecule has 90 heavy (non-hydrogen) atoms. The van der Waals surface area contributed by atoms with E-state index in [0.29, 0.717) is 96.8 Å². The summed E-state index contributed by atoms with van der Waals surface area (Å²) in [5.74, 6) is -2.00. The van der Waals surface area contributed by atoms with Gasteiger partial charge < -0.3 is 81.8 Å². The lowest BCUT2D eigenvalue weighted by Gasteiger charge is -2.42. The van der Waals surface area contributed by atoms with Crippen LogP contribution < -0.4 is 20.3 Å². The Hall–Kier alpha value is -6.03. The van der Waals surface area contributed by atoms with Crippen LogP contribution in [-0.4, -0.2) is 225 Å². The number of para-hydroxylation sites is 1. The Labute approximate surface area is 533 Å². The molecule has 24 nitrogen and oxygen atoms in total.